The number of rotatable bonds is 9. The van der Waals surface area contributed by atoms with Crippen LogP contribution in [0.5, 0.6) is 5.75 Å². The second kappa shape index (κ2) is 8.52. The van der Waals surface area contributed by atoms with Crippen molar-refractivity contribution in [2.45, 2.75) is 52.1 Å². The molecule has 0 aliphatic rings. The quantitative estimate of drug-likeness (QED) is 0.618. The third-order valence-corrected chi connectivity index (χ3v) is 3.03. The van der Waals surface area contributed by atoms with Crippen molar-refractivity contribution in [1.82, 2.24) is 0 Å². The first-order valence-electron chi connectivity index (χ1n) is 7.01. The van der Waals surface area contributed by atoms with E-state index in [0.717, 1.165) is 31.4 Å². The van der Waals surface area contributed by atoms with Crippen LogP contribution in [0.4, 0.5) is 0 Å². The average molecular weight is 260 g/mol. The molecule has 0 aliphatic carbocycles. The zero-order valence-electron chi connectivity index (χ0n) is 12.0. The molecule has 1 aromatic carbocycles. The molecule has 1 atom stereocenters. The van der Waals surface area contributed by atoms with Crippen LogP contribution in [-0.2, 0) is 11.2 Å². The Labute approximate surface area is 116 Å². The molecule has 0 saturated heterocycles. The summed E-state index contributed by atoms with van der Waals surface area (Å²) in [4.78, 5) is 10.9. The van der Waals surface area contributed by atoms with Crippen molar-refractivity contribution in [3.63, 3.8) is 0 Å². The molecule has 0 N–H and O–H groups in total. The van der Waals surface area contributed by atoms with Gasteiger partial charge in [0.05, 0.1) is 0 Å². The molecular weight excluding hydrogens is 236 g/mol. The minimum absolute atomic E-state index is 0.213. The van der Waals surface area contributed by atoms with E-state index in [1.54, 1.807) is 6.92 Å². The Kier molecular flexibility index (Phi) is 6.94. The predicted molar refractivity (Wildman–Crippen MR) is 79.6 cm³/mol. The van der Waals surface area contributed by atoms with Gasteiger partial charge in [0.1, 0.15) is 17.6 Å². The Morgan fingerprint density at radius 3 is 2.58 bits per heavy atom. The average Bonchev–Trinajstić information content (AvgIpc) is 2.38. The van der Waals surface area contributed by atoms with Gasteiger partial charge in [-0.25, -0.2) is 0 Å². The van der Waals surface area contributed by atoms with Crippen LogP contribution >= 0.6 is 0 Å². The number of benzene rings is 1. The zero-order chi connectivity index (χ0) is 14.1. The van der Waals surface area contributed by atoms with Gasteiger partial charge in [0.2, 0.25) is 0 Å². The molecule has 0 bridgehead atoms. The van der Waals surface area contributed by atoms with Gasteiger partial charge in [0, 0.05) is 12.8 Å². The minimum Gasteiger partial charge on any atom is -0.490 e. The number of Topliss-reactive ketones (excluding diaryl/α,β-unsaturated/α-hetero) is 1. The topological polar surface area (TPSA) is 26.3 Å². The van der Waals surface area contributed by atoms with Crippen LogP contribution < -0.4 is 4.74 Å². The van der Waals surface area contributed by atoms with Crippen LogP contribution in [0.1, 0.15) is 45.1 Å². The van der Waals surface area contributed by atoms with Gasteiger partial charge in [-0.1, -0.05) is 31.6 Å². The summed E-state index contributed by atoms with van der Waals surface area (Å²) in [6.45, 7) is 7.55. The lowest BCUT2D eigenvalue weighted by molar-refractivity contribution is -0.116. The van der Waals surface area contributed by atoms with E-state index < -0.39 is 0 Å². The van der Waals surface area contributed by atoms with Gasteiger partial charge in [0.25, 0.3) is 0 Å². The predicted octanol–water partition coefficient (Wildman–Crippen LogP) is 4.33. The molecule has 19 heavy (non-hydrogen) atoms. The fraction of sp³-hybridized carbons (Fsp3) is 0.471. The summed E-state index contributed by atoms with van der Waals surface area (Å²) < 4.78 is 5.94. The maximum absolute atomic E-state index is 10.9. The molecule has 1 aromatic rings. The number of carbonyl (C=O) groups excluding carboxylic acids is 1. The van der Waals surface area contributed by atoms with Crippen LogP contribution in [0.25, 0.3) is 0 Å². The summed E-state index contributed by atoms with van der Waals surface area (Å²) in [7, 11) is 0. The summed E-state index contributed by atoms with van der Waals surface area (Å²) in [5.74, 6) is 1.13. The van der Waals surface area contributed by atoms with E-state index in [9.17, 15) is 4.79 Å². The summed E-state index contributed by atoms with van der Waals surface area (Å²) in [5.41, 5.74) is 1.18. The molecule has 1 unspecified atom stereocenters. The first-order valence-corrected chi connectivity index (χ1v) is 7.01. The zero-order valence-corrected chi connectivity index (χ0v) is 12.0. The van der Waals surface area contributed by atoms with Gasteiger partial charge in [-0.05, 0) is 37.5 Å². The fourth-order valence-electron chi connectivity index (χ4n) is 1.98. The normalized spacial score (nSPS) is 11.9. The Balaban J connectivity index is 2.54. The summed E-state index contributed by atoms with van der Waals surface area (Å²) in [5, 5.41) is 0. The molecule has 0 aliphatic heterocycles. The van der Waals surface area contributed by atoms with Crippen molar-refractivity contribution < 1.29 is 9.53 Å². The number of ether oxygens (including phenoxy) is 1. The lowest BCUT2D eigenvalue weighted by Crippen LogP contribution is -2.15. The van der Waals surface area contributed by atoms with Gasteiger partial charge < -0.3 is 9.53 Å². The van der Waals surface area contributed by atoms with Crippen molar-refractivity contribution in [2.24, 2.45) is 0 Å². The lowest BCUT2D eigenvalue weighted by Gasteiger charge is -2.17. The fourth-order valence-corrected chi connectivity index (χ4v) is 1.98. The molecule has 2 heteroatoms. The second-order valence-corrected chi connectivity index (χ2v) is 4.90. The van der Waals surface area contributed by atoms with Gasteiger partial charge in [-0.3, -0.25) is 0 Å². The van der Waals surface area contributed by atoms with E-state index in [0.29, 0.717) is 6.42 Å². The van der Waals surface area contributed by atoms with Crippen molar-refractivity contribution >= 4 is 5.78 Å². The Hall–Kier alpha value is -1.57. The third-order valence-electron chi connectivity index (χ3n) is 3.03. The molecule has 0 spiro atoms. The van der Waals surface area contributed by atoms with Crippen LogP contribution in [-0.4, -0.2) is 11.9 Å². The van der Waals surface area contributed by atoms with Gasteiger partial charge in [-0.15, -0.1) is 6.58 Å². The second-order valence-electron chi connectivity index (χ2n) is 4.90. The van der Waals surface area contributed by atoms with E-state index >= 15 is 0 Å². The van der Waals surface area contributed by atoms with Gasteiger partial charge in [0.15, 0.2) is 0 Å². The highest BCUT2D eigenvalue weighted by atomic mass is 16.5. The first kappa shape index (κ1) is 15.5. The van der Waals surface area contributed by atoms with E-state index in [1.807, 2.05) is 30.3 Å². The van der Waals surface area contributed by atoms with Gasteiger partial charge in [-0.2, -0.15) is 0 Å². The van der Waals surface area contributed by atoms with Crippen molar-refractivity contribution in [3.05, 3.63) is 42.5 Å². The molecule has 0 amide bonds. The van der Waals surface area contributed by atoms with E-state index in [2.05, 4.69) is 13.5 Å². The number of carbonyl (C=O) groups is 1. The summed E-state index contributed by atoms with van der Waals surface area (Å²) in [6, 6.07) is 8.05. The summed E-state index contributed by atoms with van der Waals surface area (Å²) in [6.07, 6.45) is 6.55. The maximum Gasteiger partial charge on any atom is 0.130 e. The molecular formula is C17H24O2. The highest BCUT2D eigenvalue weighted by Crippen LogP contribution is 2.18. The molecule has 1 rings (SSSR count). The molecule has 0 radical (unpaired) electrons. The molecule has 0 heterocycles. The highest BCUT2D eigenvalue weighted by molar-refractivity contribution is 5.75. The molecule has 0 aromatic heterocycles. The highest BCUT2D eigenvalue weighted by Gasteiger charge is 2.07. The third kappa shape index (κ3) is 6.23. The van der Waals surface area contributed by atoms with E-state index in [4.69, 9.17) is 4.74 Å². The largest absolute Gasteiger partial charge is 0.490 e. The maximum atomic E-state index is 10.9. The SMILES string of the molecule is C=CCC(CCC)Oc1ccc(CCC(C)=O)cc1. The van der Waals surface area contributed by atoms with Crippen molar-refractivity contribution in [3.8, 4) is 5.75 Å². The Bertz CT molecular complexity index is 392. The van der Waals surface area contributed by atoms with Crippen molar-refractivity contribution in [2.75, 3.05) is 0 Å². The van der Waals surface area contributed by atoms with E-state index in [-0.39, 0.29) is 11.9 Å². The Morgan fingerprint density at radius 1 is 1.37 bits per heavy atom. The van der Waals surface area contributed by atoms with Crippen LogP contribution in [0.2, 0.25) is 0 Å². The number of ketones is 1. The lowest BCUT2D eigenvalue weighted by atomic mass is 10.1. The van der Waals surface area contributed by atoms with Crippen LogP contribution in [0, 0.1) is 0 Å². The standard InChI is InChI=1S/C17H24O2/c1-4-6-16(7-5-2)19-17-12-10-15(11-13-17)9-8-14(3)18/h4,10-13,16H,1,5-9H2,2-3H3. The Morgan fingerprint density at radius 2 is 2.05 bits per heavy atom. The smallest absolute Gasteiger partial charge is 0.130 e. The molecule has 0 fully saturated rings. The van der Waals surface area contributed by atoms with E-state index in [1.165, 1.54) is 5.56 Å². The minimum atomic E-state index is 0.213. The van der Waals surface area contributed by atoms with Crippen LogP contribution in [0.3, 0.4) is 0 Å². The summed E-state index contributed by atoms with van der Waals surface area (Å²) >= 11 is 0. The number of hydrogen-bond donors (Lipinski definition) is 0. The van der Waals surface area contributed by atoms with Crippen LogP contribution in [0.15, 0.2) is 36.9 Å². The monoisotopic (exact) mass is 260 g/mol. The molecule has 2 nitrogen and oxygen atoms in total. The first-order chi connectivity index (χ1) is 9.15. The molecule has 104 valence electrons. The van der Waals surface area contributed by atoms with Crippen molar-refractivity contribution in [1.29, 1.82) is 0 Å². The van der Waals surface area contributed by atoms with Gasteiger partial charge >= 0.3 is 0 Å². The number of hydrogen-bond acceptors (Lipinski definition) is 2. The number of aryl methyl sites for hydroxylation is 1. The molecule has 0 saturated carbocycles.